The lowest BCUT2D eigenvalue weighted by Gasteiger charge is -2.30. The summed E-state index contributed by atoms with van der Waals surface area (Å²) in [4.78, 5) is 29.6. The van der Waals surface area contributed by atoms with Crippen molar-refractivity contribution < 1.29 is 28.0 Å². The molecule has 1 atom stereocenters. The number of sulfone groups is 1. The van der Waals surface area contributed by atoms with Crippen molar-refractivity contribution in [1.82, 2.24) is 10.5 Å². The van der Waals surface area contributed by atoms with Gasteiger partial charge in [-0.25, -0.2) is 13.9 Å². The topological polar surface area (TPSA) is 123 Å². The van der Waals surface area contributed by atoms with E-state index in [4.69, 9.17) is 4.74 Å². The number of hydrogen-bond acceptors (Lipinski definition) is 7. The van der Waals surface area contributed by atoms with Crippen LogP contribution in [0.4, 0.5) is 0 Å². The summed E-state index contributed by atoms with van der Waals surface area (Å²) in [7, 11) is -3.09. The Labute approximate surface area is 163 Å². The third kappa shape index (κ3) is 3.76. The number of Topliss-reactive ketones (excluding diaryl/α,β-unsaturated/α-hetero) is 1. The molecular formula is C19H22N2O6S. The minimum atomic E-state index is -4.52. The van der Waals surface area contributed by atoms with Crippen LogP contribution in [-0.2, 0) is 14.6 Å². The second kappa shape index (κ2) is 8.94. The molecule has 0 saturated heterocycles. The normalized spacial score (nSPS) is 13.4. The zero-order valence-corrected chi connectivity index (χ0v) is 16.4. The highest BCUT2D eigenvalue weighted by Crippen LogP contribution is 2.35. The molecular weight excluding hydrogens is 384 g/mol. The Morgan fingerprint density at radius 2 is 1.89 bits per heavy atom. The Balaban J connectivity index is 2.73. The van der Waals surface area contributed by atoms with E-state index in [2.05, 4.69) is 4.98 Å². The molecule has 0 bridgehead atoms. The number of hydrogen-bond donors (Lipinski definition) is 2. The predicted molar refractivity (Wildman–Crippen MR) is 101 cm³/mol. The van der Waals surface area contributed by atoms with E-state index in [0.717, 1.165) is 0 Å². The number of nitrogens with zero attached hydrogens (tertiary/aromatic N) is 1. The summed E-state index contributed by atoms with van der Waals surface area (Å²) in [5, 5.41) is 9.31. The van der Waals surface area contributed by atoms with Gasteiger partial charge >= 0.3 is 0 Å². The minimum Gasteiger partial charge on any atom is -0.497 e. The van der Waals surface area contributed by atoms with Crippen molar-refractivity contribution in [3.05, 3.63) is 54.4 Å². The summed E-state index contributed by atoms with van der Waals surface area (Å²) in [6.45, 7) is 1.80. The van der Waals surface area contributed by atoms with Gasteiger partial charge in [0, 0.05) is 18.0 Å². The summed E-state index contributed by atoms with van der Waals surface area (Å²) in [6, 6.07) is 8.21. The highest BCUT2D eigenvalue weighted by molar-refractivity contribution is 7.94. The van der Waals surface area contributed by atoms with E-state index >= 15 is 0 Å². The summed E-state index contributed by atoms with van der Waals surface area (Å²) in [6.07, 6.45) is 3.14. The number of ketones is 1. The van der Waals surface area contributed by atoms with Crippen molar-refractivity contribution in [2.24, 2.45) is 0 Å². The number of pyridine rings is 1. The molecule has 1 heterocycles. The number of nitrogens with one attached hydrogen (secondary N) is 1. The highest BCUT2D eigenvalue weighted by Gasteiger charge is 2.57. The van der Waals surface area contributed by atoms with Crippen LogP contribution in [0.25, 0.3) is 0 Å². The molecule has 2 aromatic rings. The lowest BCUT2D eigenvalue weighted by atomic mass is 9.91. The maximum Gasteiger partial charge on any atom is 0.273 e. The number of amides is 1. The van der Waals surface area contributed by atoms with Crippen LogP contribution in [0.2, 0.25) is 0 Å². The van der Waals surface area contributed by atoms with Gasteiger partial charge in [0.1, 0.15) is 5.75 Å². The first-order valence-electron chi connectivity index (χ1n) is 8.63. The zero-order valence-electron chi connectivity index (χ0n) is 15.6. The third-order valence-corrected chi connectivity index (χ3v) is 6.85. The standard InChI is InChI=1S/C19H22N2O6S/c1-3-4-11-19(18(23)21-24,17(22)14-6-5-12-20-13-14)28(25,26)16-9-7-15(27-2)8-10-16/h5-10,12-13,24H,3-4,11H2,1-2H3,(H,21,23). The third-order valence-electron chi connectivity index (χ3n) is 4.47. The lowest BCUT2D eigenvalue weighted by molar-refractivity contribution is -0.130. The number of methoxy groups -OCH3 is 1. The van der Waals surface area contributed by atoms with Gasteiger partial charge < -0.3 is 4.74 Å². The number of ether oxygens (including phenoxy) is 1. The molecule has 0 fully saturated rings. The van der Waals surface area contributed by atoms with Gasteiger partial charge in [-0.05, 0) is 42.8 Å². The Hall–Kier alpha value is -2.78. The fourth-order valence-electron chi connectivity index (χ4n) is 2.91. The van der Waals surface area contributed by atoms with E-state index in [1.54, 1.807) is 6.92 Å². The van der Waals surface area contributed by atoms with Crippen molar-refractivity contribution in [2.45, 2.75) is 35.8 Å². The SMILES string of the molecule is CCCCC(C(=O)NO)(C(=O)c1cccnc1)S(=O)(=O)c1ccc(OC)cc1. The summed E-state index contributed by atoms with van der Waals surface area (Å²) < 4.78 is 29.5. The number of carbonyl (C=O) groups excluding carboxylic acids is 2. The summed E-state index contributed by atoms with van der Waals surface area (Å²) in [5.74, 6) is -1.83. The molecule has 1 amide bonds. The molecule has 0 radical (unpaired) electrons. The first kappa shape index (κ1) is 21.5. The van der Waals surface area contributed by atoms with Gasteiger partial charge in [-0.3, -0.25) is 19.8 Å². The molecule has 0 aliphatic heterocycles. The Morgan fingerprint density at radius 1 is 1.21 bits per heavy atom. The first-order valence-corrected chi connectivity index (χ1v) is 10.1. The van der Waals surface area contributed by atoms with Gasteiger partial charge in [-0.2, -0.15) is 0 Å². The fourth-order valence-corrected chi connectivity index (χ4v) is 4.87. The van der Waals surface area contributed by atoms with E-state index < -0.39 is 26.3 Å². The number of rotatable bonds is 9. The molecule has 0 spiro atoms. The van der Waals surface area contributed by atoms with Gasteiger partial charge in [0.2, 0.25) is 14.6 Å². The number of benzene rings is 1. The van der Waals surface area contributed by atoms with Crippen LogP contribution in [-0.4, -0.2) is 42.2 Å². The monoisotopic (exact) mass is 406 g/mol. The molecule has 0 saturated carbocycles. The number of carbonyl (C=O) groups is 2. The molecule has 1 aromatic carbocycles. The van der Waals surface area contributed by atoms with Crippen molar-refractivity contribution in [3.8, 4) is 5.75 Å². The second-order valence-corrected chi connectivity index (χ2v) is 8.30. The summed E-state index contributed by atoms with van der Waals surface area (Å²) >= 11 is 0. The van der Waals surface area contributed by atoms with Crippen LogP contribution < -0.4 is 10.2 Å². The quantitative estimate of drug-likeness (QED) is 0.283. The van der Waals surface area contributed by atoms with E-state index in [0.29, 0.717) is 12.2 Å². The second-order valence-electron chi connectivity index (χ2n) is 6.12. The molecule has 1 aromatic heterocycles. The van der Waals surface area contributed by atoms with E-state index in [9.17, 15) is 23.2 Å². The van der Waals surface area contributed by atoms with Crippen LogP contribution in [0.15, 0.2) is 53.7 Å². The van der Waals surface area contributed by atoms with E-state index in [-0.39, 0.29) is 23.3 Å². The van der Waals surface area contributed by atoms with Crippen LogP contribution in [0.1, 0.15) is 36.5 Å². The molecule has 0 aliphatic rings. The van der Waals surface area contributed by atoms with Gasteiger partial charge in [-0.1, -0.05) is 19.8 Å². The van der Waals surface area contributed by atoms with Crippen LogP contribution in [0.5, 0.6) is 5.75 Å². The van der Waals surface area contributed by atoms with Crippen molar-refractivity contribution in [1.29, 1.82) is 0 Å². The number of hydroxylamine groups is 1. The maximum absolute atomic E-state index is 13.5. The molecule has 9 heteroatoms. The average molecular weight is 406 g/mol. The molecule has 0 aliphatic carbocycles. The van der Waals surface area contributed by atoms with Crippen molar-refractivity contribution in [2.75, 3.05) is 7.11 Å². The number of unbranched alkanes of at least 4 members (excludes halogenated alkanes) is 1. The van der Waals surface area contributed by atoms with Crippen LogP contribution in [0, 0.1) is 0 Å². The molecule has 150 valence electrons. The highest BCUT2D eigenvalue weighted by atomic mass is 32.2. The number of aromatic nitrogens is 1. The maximum atomic E-state index is 13.5. The van der Waals surface area contributed by atoms with Gasteiger partial charge in [0.25, 0.3) is 5.91 Å². The van der Waals surface area contributed by atoms with E-state index in [1.807, 2.05) is 0 Å². The molecule has 28 heavy (non-hydrogen) atoms. The Kier molecular flexibility index (Phi) is 6.87. The van der Waals surface area contributed by atoms with Gasteiger partial charge in [0.15, 0.2) is 5.78 Å². The Bertz CT molecular complexity index is 929. The van der Waals surface area contributed by atoms with Gasteiger partial charge in [-0.15, -0.1) is 0 Å². The van der Waals surface area contributed by atoms with Gasteiger partial charge in [0.05, 0.1) is 12.0 Å². The molecule has 2 rings (SSSR count). The van der Waals surface area contributed by atoms with Crippen molar-refractivity contribution in [3.63, 3.8) is 0 Å². The zero-order chi connectivity index (χ0) is 20.8. The summed E-state index contributed by atoms with van der Waals surface area (Å²) in [5.41, 5.74) is 1.34. The van der Waals surface area contributed by atoms with Crippen LogP contribution in [0.3, 0.4) is 0 Å². The predicted octanol–water partition coefficient (Wildman–Crippen LogP) is 2.18. The van der Waals surface area contributed by atoms with Crippen LogP contribution >= 0.6 is 0 Å². The molecule has 8 nitrogen and oxygen atoms in total. The largest absolute Gasteiger partial charge is 0.497 e. The molecule has 1 unspecified atom stereocenters. The minimum absolute atomic E-state index is 0.0423. The first-order chi connectivity index (χ1) is 13.3. The van der Waals surface area contributed by atoms with E-state index in [1.165, 1.54) is 61.4 Å². The lowest BCUT2D eigenvalue weighted by Crippen LogP contribution is -2.57. The fraction of sp³-hybridized carbons (Fsp3) is 0.316. The molecule has 2 N–H and O–H groups in total. The average Bonchev–Trinajstić information content (AvgIpc) is 2.74. The van der Waals surface area contributed by atoms with Crippen molar-refractivity contribution >= 4 is 21.5 Å². The smallest absolute Gasteiger partial charge is 0.273 e. The Morgan fingerprint density at radius 3 is 2.39 bits per heavy atom.